The molecule has 0 amide bonds. The van der Waals surface area contributed by atoms with Crippen LogP contribution in [0.5, 0.6) is 0 Å². The van der Waals surface area contributed by atoms with Gasteiger partial charge in [0.15, 0.2) is 0 Å². The van der Waals surface area contributed by atoms with Crippen LogP contribution in [0.3, 0.4) is 0 Å². The van der Waals surface area contributed by atoms with Crippen LogP contribution in [0.2, 0.25) is 0 Å². The minimum Gasteiger partial charge on any atom is -0.207 e. The molecule has 2 aromatic rings. The molecule has 1 fully saturated rings. The maximum Gasteiger partial charge on any atom is 0.244 e. The zero-order valence-corrected chi connectivity index (χ0v) is 13.7. The Balaban J connectivity index is 1.94. The van der Waals surface area contributed by atoms with Gasteiger partial charge in [-0.1, -0.05) is 28.1 Å². The molecule has 2 aromatic carbocycles. The van der Waals surface area contributed by atoms with Crippen LogP contribution in [0.15, 0.2) is 51.8 Å². The second-order valence-corrected chi connectivity index (χ2v) is 7.84. The van der Waals surface area contributed by atoms with Gasteiger partial charge in [-0.2, -0.15) is 0 Å². The summed E-state index contributed by atoms with van der Waals surface area (Å²) in [6.45, 7) is 0. The van der Waals surface area contributed by atoms with Crippen molar-refractivity contribution in [2.24, 2.45) is 0 Å². The van der Waals surface area contributed by atoms with E-state index >= 15 is 0 Å². The van der Waals surface area contributed by atoms with Crippen LogP contribution < -0.4 is 4.72 Å². The summed E-state index contributed by atoms with van der Waals surface area (Å²) in [7, 11) is -4.14. The van der Waals surface area contributed by atoms with Crippen molar-refractivity contribution >= 4 is 26.0 Å². The van der Waals surface area contributed by atoms with Gasteiger partial charge in [0.2, 0.25) is 10.0 Å². The Labute approximate surface area is 135 Å². The fraction of sp³-hybridized carbons (Fsp3) is 0.200. The first-order valence-electron chi connectivity index (χ1n) is 6.58. The van der Waals surface area contributed by atoms with E-state index in [9.17, 15) is 17.2 Å². The van der Waals surface area contributed by atoms with E-state index in [4.69, 9.17) is 0 Å². The van der Waals surface area contributed by atoms with E-state index in [0.29, 0.717) is 18.9 Å². The topological polar surface area (TPSA) is 46.2 Å². The van der Waals surface area contributed by atoms with E-state index < -0.39 is 32.1 Å². The molecule has 0 aromatic heterocycles. The molecule has 0 atom stereocenters. The SMILES string of the molecule is O=S(=O)(NC1(c2ccc(Br)cc2)CC1)c1cc(F)ccc1F. The van der Waals surface area contributed by atoms with Gasteiger partial charge in [-0.15, -0.1) is 0 Å². The summed E-state index contributed by atoms with van der Waals surface area (Å²) in [4.78, 5) is -0.670. The predicted octanol–water partition coefficient (Wildman–Crippen LogP) is 3.69. The summed E-state index contributed by atoms with van der Waals surface area (Å²) in [6.07, 6.45) is 1.23. The van der Waals surface area contributed by atoms with E-state index in [1.807, 2.05) is 24.3 Å². The standard InChI is InChI=1S/C15H12BrF2NO2S/c16-11-3-1-10(2-4-11)15(7-8-15)19-22(20,21)14-9-12(17)5-6-13(14)18/h1-6,9,19H,7-8H2. The lowest BCUT2D eigenvalue weighted by Crippen LogP contribution is -2.35. The van der Waals surface area contributed by atoms with Gasteiger partial charge >= 0.3 is 0 Å². The van der Waals surface area contributed by atoms with Crippen LogP contribution in [-0.2, 0) is 15.6 Å². The van der Waals surface area contributed by atoms with Crippen molar-refractivity contribution in [2.75, 3.05) is 0 Å². The largest absolute Gasteiger partial charge is 0.244 e. The fourth-order valence-corrected chi connectivity index (χ4v) is 4.14. The van der Waals surface area contributed by atoms with Gasteiger partial charge in [0, 0.05) is 4.47 Å². The van der Waals surface area contributed by atoms with Crippen molar-refractivity contribution in [3.8, 4) is 0 Å². The Hall–Kier alpha value is -1.31. The van der Waals surface area contributed by atoms with Crippen molar-refractivity contribution < 1.29 is 17.2 Å². The molecule has 0 aliphatic heterocycles. The number of halogens is 3. The number of sulfonamides is 1. The van der Waals surface area contributed by atoms with Gasteiger partial charge < -0.3 is 0 Å². The summed E-state index contributed by atoms with van der Waals surface area (Å²) in [6, 6.07) is 9.62. The lowest BCUT2D eigenvalue weighted by atomic mass is 10.1. The summed E-state index contributed by atoms with van der Waals surface area (Å²) in [5.74, 6) is -1.77. The molecular weight excluding hydrogens is 376 g/mol. The molecule has 0 saturated heterocycles. The molecule has 3 nitrogen and oxygen atoms in total. The van der Waals surface area contributed by atoms with Crippen LogP contribution in [0.25, 0.3) is 0 Å². The second kappa shape index (κ2) is 5.40. The average Bonchev–Trinajstić information content (AvgIpc) is 3.22. The number of rotatable bonds is 4. The maximum absolute atomic E-state index is 13.7. The summed E-state index contributed by atoms with van der Waals surface area (Å²) < 4.78 is 55.1. The number of benzene rings is 2. The monoisotopic (exact) mass is 387 g/mol. The molecule has 0 spiro atoms. The molecule has 22 heavy (non-hydrogen) atoms. The lowest BCUT2D eigenvalue weighted by molar-refractivity contribution is 0.529. The zero-order valence-electron chi connectivity index (χ0n) is 11.3. The predicted molar refractivity (Wildman–Crippen MR) is 81.7 cm³/mol. The van der Waals surface area contributed by atoms with Gasteiger partial charge in [-0.25, -0.2) is 21.9 Å². The van der Waals surface area contributed by atoms with E-state index in [1.165, 1.54) is 0 Å². The van der Waals surface area contributed by atoms with E-state index in [-0.39, 0.29) is 0 Å². The highest BCUT2D eigenvalue weighted by Gasteiger charge is 2.47. The third-order valence-electron chi connectivity index (χ3n) is 3.66. The van der Waals surface area contributed by atoms with Gasteiger partial charge in [0.25, 0.3) is 0 Å². The van der Waals surface area contributed by atoms with E-state index in [2.05, 4.69) is 20.7 Å². The van der Waals surface area contributed by atoms with E-state index in [1.54, 1.807) is 0 Å². The Morgan fingerprint density at radius 3 is 2.27 bits per heavy atom. The number of hydrogen-bond acceptors (Lipinski definition) is 2. The quantitative estimate of drug-likeness (QED) is 0.869. The van der Waals surface area contributed by atoms with Crippen molar-refractivity contribution in [3.05, 3.63) is 64.1 Å². The summed E-state index contributed by atoms with van der Waals surface area (Å²) in [5.41, 5.74) is 0.0641. The first-order chi connectivity index (χ1) is 10.3. The van der Waals surface area contributed by atoms with Crippen LogP contribution in [0.4, 0.5) is 8.78 Å². The smallest absolute Gasteiger partial charge is 0.207 e. The molecule has 1 N–H and O–H groups in total. The molecule has 0 unspecified atom stereocenters. The third-order valence-corrected chi connectivity index (χ3v) is 5.74. The van der Waals surface area contributed by atoms with Crippen LogP contribution in [0.1, 0.15) is 18.4 Å². The molecular formula is C15H12BrF2NO2S. The molecule has 0 radical (unpaired) electrons. The Bertz CT molecular complexity index is 818. The highest BCUT2D eigenvalue weighted by atomic mass is 79.9. The number of hydrogen-bond donors (Lipinski definition) is 1. The van der Waals surface area contributed by atoms with Crippen molar-refractivity contribution in [1.82, 2.24) is 4.72 Å². The summed E-state index contributed by atoms with van der Waals surface area (Å²) in [5, 5.41) is 0. The van der Waals surface area contributed by atoms with Crippen LogP contribution >= 0.6 is 15.9 Å². The van der Waals surface area contributed by atoms with Crippen LogP contribution in [0, 0.1) is 11.6 Å². The van der Waals surface area contributed by atoms with Gasteiger partial charge in [-0.05, 0) is 48.7 Å². The maximum atomic E-state index is 13.7. The normalized spacial score (nSPS) is 16.5. The lowest BCUT2D eigenvalue weighted by Gasteiger charge is -2.18. The van der Waals surface area contributed by atoms with Gasteiger partial charge in [0.1, 0.15) is 16.5 Å². The highest BCUT2D eigenvalue weighted by molar-refractivity contribution is 9.10. The Morgan fingerprint density at radius 2 is 1.68 bits per heavy atom. The first kappa shape index (κ1) is 15.6. The zero-order chi connectivity index (χ0) is 16.0. The molecule has 116 valence electrons. The average molecular weight is 388 g/mol. The van der Waals surface area contributed by atoms with Gasteiger partial charge in [-0.3, -0.25) is 0 Å². The first-order valence-corrected chi connectivity index (χ1v) is 8.85. The molecule has 1 saturated carbocycles. The van der Waals surface area contributed by atoms with Gasteiger partial charge in [0.05, 0.1) is 5.54 Å². The minimum atomic E-state index is -4.14. The number of nitrogens with one attached hydrogen (secondary N) is 1. The van der Waals surface area contributed by atoms with Crippen molar-refractivity contribution in [3.63, 3.8) is 0 Å². The summed E-state index contributed by atoms with van der Waals surface area (Å²) >= 11 is 3.32. The molecule has 3 rings (SSSR count). The molecule has 7 heteroatoms. The minimum absolute atomic E-state index is 0.616. The Morgan fingerprint density at radius 1 is 1.05 bits per heavy atom. The second-order valence-electron chi connectivity index (χ2n) is 5.27. The molecule has 1 aliphatic carbocycles. The molecule has 0 bridgehead atoms. The Kier molecular flexibility index (Phi) is 3.82. The molecule has 1 aliphatic rings. The molecule has 0 heterocycles. The third kappa shape index (κ3) is 2.93. The van der Waals surface area contributed by atoms with Crippen molar-refractivity contribution in [1.29, 1.82) is 0 Å². The fourth-order valence-electron chi connectivity index (χ4n) is 2.34. The van der Waals surface area contributed by atoms with Crippen molar-refractivity contribution in [2.45, 2.75) is 23.3 Å². The van der Waals surface area contributed by atoms with Crippen LogP contribution in [-0.4, -0.2) is 8.42 Å². The highest BCUT2D eigenvalue weighted by Crippen LogP contribution is 2.46. The van der Waals surface area contributed by atoms with E-state index in [0.717, 1.165) is 22.2 Å².